The van der Waals surface area contributed by atoms with Gasteiger partial charge in [0.1, 0.15) is 5.82 Å². The number of nitrogens with two attached hydrogens (primary N) is 1. The van der Waals surface area contributed by atoms with E-state index in [2.05, 4.69) is 10.3 Å². The lowest BCUT2D eigenvalue weighted by Gasteiger charge is -2.21. The van der Waals surface area contributed by atoms with Crippen molar-refractivity contribution < 1.29 is 4.79 Å². The Bertz CT molecular complexity index is 406. The summed E-state index contributed by atoms with van der Waals surface area (Å²) in [5.74, 6) is 0.477. The molecule has 6 heteroatoms. The van der Waals surface area contributed by atoms with Crippen LogP contribution < -0.4 is 11.1 Å². The van der Waals surface area contributed by atoms with Gasteiger partial charge in [0, 0.05) is 6.20 Å². The molecule has 0 bridgehead atoms. The van der Waals surface area contributed by atoms with Gasteiger partial charge >= 0.3 is 0 Å². The molecule has 1 aromatic heterocycles. The summed E-state index contributed by atoms with van der Waals surface area (Å²) in [6.07, 6.45) is 5.29. The number of carbonyl (C=O) groups is 1. The molecule has 102 valence electrons. The minimum absolute atomic E-state index is 0. The molecular weight excluding hydrogens is 273 g/mol. The average molecular weight is 292 g/mol. The van der Waals surface area contributed by atoms with Crippen molar-refractivity contribution in [2.45, 2.75) is 38.1 Å². The van der Waals surface area contributed by atoms with Gasteiger partial charge in [-0.05, 0) is 37.5 Å². The zero-order valence-corrected chi connectivity index (χ0v) is 11.9. The van der Waals surface area contributed by atoms with E-state index < -0.39 is 5.54 Å². The summed E-state index contributed by atoms with van der Waals surface area (Å²) >= 11 is 0. The molecule has 1 saturated carbocycles. The van der Waals surface area contributed by atoms with Crippen molar-refractivity contribution in [3.63, 3.8) is 0 Å². The number of rotatable bonds is 2. The Labute approximate surface area is 120 Å². The molecule has 0 atom stereocenters. The van der Waals surface area contributed by atoms with Crippen molar-refractivity contribution in [2.24, 2.45) is 5.73 Å². The number of carbonyl (C=O) groups excluding carboxylic acids is 1. The Morgan fingerprint density at radius 3 is 2.56 bits per heavy atom. The Morgan fingerprint density at radius 1 is 1.39 bits per heavy atom. The molecule has 1 aliphatic rings. The van der Waals surface area contributed by atoms with Crippen LogP contribution in [-0.2, 0) is 4.79 Å². The van der Waals surface area contributed by atoms with Crippen molar-refractivity contribution in [1.29, 1.82) is 0 Å². The number of halogens is 2. The van der Waals surface area contributed by atoms with Gasteiger partial charge < -0.3 is 11.1 Å². The Kier molecular flexibility index (Phi) is 6.60. The van der Waals surface area contributed by atoms with Gasteiger partial charge in [0.05, 0.1) is 5.54 Å². The molecule has 0 spiro atoms. The Morgan fingerprint density at radius 2 is 2.00 bits per heavy atom. The topological polar surface area (TPSA) is 68.0 Å². The predicted molar refractivity (Wildman–Crippen MR) is 77.5 cm³/mol. The van der Waals surface area contributed by atoms with Gasteiger partial charge in [0.2, 0.25) is 5.91 Å². The van der Waals surface area contributed by atoms with Crippen molar-refractivity contribution in [3.8, 4) is 0 Å². The number of anilines is 1. The van der Waals surface area contributed by atoms with Gasteiger partial charge in [0.25, 0.3) is 0 Å². The van der Waals surface area contributed by atoms with E-state index >= 15 is 0 Å². The third-order valence-electron chi connectivity index (χ3n) is 3.11. The molecule has 3 N–H and O–H groups in total. The zero-order valence-electron chi connectivity index (χ0n) is 10.3. The maximum absolute atomic E-state index is 12.0. The second-order valence-electron chi connectivity index (χ2n) is 4.54. The SMILES string of the molecule is Cc1ccnc(NC(=O)C2(N)CCCC2)c1.Cl.Cl. The summed E-state index contributed by atoms with van der Waals surface area (Å²) in [7, 11) is 0. The van der Waals surface area contributed by atoms with E-state index in [1.807, 2.05) is 19.1 Å². The number of aromatic nitrogens is 1. The van der Waals surface area contributed by atoms with E-state index in [4.69, 9.17) is 5.73 Å². The molecule has 2 rings (SSSR count). The van der Waals surface area contributed by atoms with Crippen molar-refractivity contribution in [2.75, 3.05) is 5.32 Å². The molecule has 0 aromatic carbocycles. The van der Waals surface area contributed by atoms with Crippen molar-refractivity contribution in [1.82, 2.24) is 4.98 Å². The third-order valence-corrected chi connectivity index (χ3v) is 3.11. The largest absolute Gasteiger partial charge is 0.317 e. The highest BCUT2D eigenvalue weighted by atomic mass is 35.5. The number of nitrogens with one attached hydrogen (secondary N) is 1. The van der Waals surface area contributed by atoms with Gasteiger partial charge in [-0.25, -0.2) is 4.98 Å². The van der Waals surface area contributed by atoms with Crippen LogP contribution in [0.1, 0.15) is 31.2 Å². The molecule has 0 aliphatic heterocycles. The maximum Gasteiger partial charge on any atom is 0.245 e. The fourth-order valence-electron chi connectivity index (χ4n) is 2.08. The maximum atomic E-state index is 12.0. The molecule has 18 heavy (non-hydrogen) atoms. The smallest absolute Gasteiger partial charge is 0.245 e. The van der Waals surface area contributed by atoms with Crippen LogP contribution in [0.25, 0.3) is 0 Å². The highest BCUT2D eigenvalue weighted by molar-refractivity contribution is 5.97. The molecule has 4 nitrogen and oxygen atoms in total. The highest BCUT2D eigenvalue weighted by Crippen LogP contribution is 2.28. The van der Waals surface area contributed by atoms with Crippen LogP contribution in [-0.4, -0.2) is 16.4 Å². The van der Waals surface area contributed by atoms with Crippen LogP contribution in [0.5, 0.6) is 0 Å². The van der Waals surface area contributed by atoms with E-state index in [9.17, 15) is 4.79 Å². The summed E-state index contributed by atoms with van der Waals surface area (Å²) in [5.41, 5.74) is 6.43. The van der Waals surface area contributed by atoms with Gasteiger partial charge in [-0.2, -0.15) is 0 Å². The van der Waals surface area contributed by atoms with Crippen LogP contribution >= 0.6 is 24.8 Å². The van der Waals surface area contributed by atoms with Gasteiger partial charge in [-0.1, -0.05) is 12.8 Å². The summed E-state index contributed by atoms with van der Waals surface area (Å²) in [6, 6.07) is 3.74. The number of amides is 1. The first-order chi connectivity index (χ1) is 7.60. The first-order valence-corrected chi connectivity index (χ1v) is 5.63. The number of pyridine rings is 1. The van der Waals surface area contributed by atoms with E-state index in [0.717, 1.165) is 31.2 Å². The lowest BCUT2D eigenvalue weighted by molar-refractivity contribution is -0.121. The first-order valence-electron chi connectivity index (χ1n) is 5.63. The number of nitrogens with zero attached hydrogens (tertiary/aromatic N) is 1. The fraction of sp³-hybridized carbons (Fsp3) is 0.500. The molecule has 1 fully saturated rings. The summed E-state index contributed by atoms with van der Waals surface area (Å²) in [6.45, 7) is 1.96. The number of hydrogen-bond donors (Lipinski definition) is 2. The molecular formula is C12H19Cl2N3O. The number of hydrogen-bond acceptors (Lipinski definition) is 3. The van der Waals surface area contributed by atoms with Crippen molar-refractivity contribution >= 4 is 36.5 Å². The van der Waals surface area contributed by atoms with E-state index in [0.29, 0.717) is 5.82 Å². The molecule has 1 heterocycles. The standard InChI is InChI=1S/C12H17N3O.2ClH/c1-9-4-7-14-10(8-9)15-11(16)12(13)5-2-3-6-12;;/h4,7-8H,2-3,5-6,13H2,1H3,(H,14,15,16);2*1H. The second kappa shape index (κ2) is 6.92. The summed E-state index contributed by atoms with van der Waals surface area (Å²) < 4.78 is 0. The van der Waals surface area contributed by atoms with E-state index in [1.165, 1.54) is 0 Å². The molecule has 0 unspecified atom stereocenters. The van der Waals surface area contributed by atoms with E-state index in [1.54, 1.807) is 6.20 Å². The summed E-state index contributed by atoms with van der Waals surface area (Å²) in [5, 5.41) is 2.79. The van der Waals surface area contributed by atoms with Crippen LogP contribution in [0.4, 0.5) is 5.82 Å². The Balaban J connectivity index is 0.00000144. The quantitative estimate of drug-likeness (QED) is 0.879. The number of aryl methyl sites for hydroxylation is 1. The second-order valence-corrected chi connectivity index (χ2v) is 4.54. The van der Waals surface area contributed by atoms with E-state index in [-0.39, 0.29) is 30.7 Å². The zero-order chi connectivity index (χ0) is 11.6. The first kappa shape index (κ1) is 17.2. The fourth-order valence-corrected chi connectivity index (χ4v) is 2.08. The van der Waals surface area contributed by atoms with Gasteiger partial charge in [-0.15, -0.1) is 24.8 Å². The predicted octanol–water partition coefficient (Wildman–Crippen LogP) is 2.44. The summed E-state index contributed by atoms with van der Waals surface area (Å²) in [4.78, 5) is 16.1. The van der Waals surface area contributed by atoms with Gasteiger partial charge in [0.15, 0.2) is 0 Å². The highest BCUT2D eigenvalue weighted by Gasteiger charge is 2.37. The molecule has 0 radical (unpaired) electrons. The lowest BCUT2D eigenvalue weighted by Crippen LogP contribution is -2.48. The molecule has 1 aliphatic carbocycles. The van der Waals surface area contributed by atoms with Crippen LogP contribution in [0.3, 0.4) is 0 Å². The van der Waals surface area contributed by atoms with Gasteiger partial charge in [-0.3, -0.25) is 4.79 Å². The third kappa shape index (κ3) is 3.83. The minimum atomic E-state index is -0.689. The van der Waals surface area contributed by atoms with Crippen LogP contribution in [0, 0.1) is 6.92 Å². The Hall–Kier alpha value is -0.840. The minimum Gasteiger partial charge on any atom is -0.317 e. The van der Waals surface area contributed by atoms with Crippen molar-refractivity contribution in [3.05, 3.63) is 23.9 Å². The average Bonchev–Trinajstić information content (AvgIpc) is 2.66. The van der Waals surface area contributed by atoms with Crippen LogP contribution in [0.15, 0.2) is 18.3 Å². The normalized spacial score (nSPS) is 16.3. The lowest BCUT2D eigenvalue weighted by atomic mass is 9.98. The molecule has 0 saturated heterocycles. The molecule has 1 aromatic rings. The monoisotopic (exact) mass is 291 g/mol. The molecule has 1 amide bonds. The van der Waals surface area contributed by atoms with Crippen LogP contribution in [0.2, 0.25) is 0 Å².